The molecule has 0 unspecified atom stereocenters. The van der Waals surface area contributed by atoms with E-state index < -0.39 is 0 Å². The summed E-state index contributed by atoms with van der Waals surface area (Å²) in [6.45, 7) is 0. The van der Waals surface area contributed by atoms with Gasteiger partial charge in [0.25, 0.3) is 5.91 Å². The summed E-state index contributed by atoms with van der Waals surface area (Å²) in [5.41, 5.74) is 3.53. The van der Waals surface area contributed by atoms with Crippen molar-refractivity contribution in [3.05, 3.63) is 78.4 Å². The summed E-state index contributed by atoms with van der Waals surface area (Å²) in [5, 5.41) is 2.84. The first-order valence-electron chi connectivity index (χ1n) is 7.66. The van der Waals surface area contributed by atoms with Crippen LogP contribution in [0.5, 0.6) is 0 Å². The van der Waals surface area contributed by atoms with Crippen molar-refractivity contribution in [2.75, 3.05) is 5.32 Å². The van der Waals surface area contributed by atoms with Gasteiger partial charge in [0.15, 0.2) is 0 Å². The molecule has 2 N–H and O–H groups in total. The molecular formula is C19H13FN4O. The number of carbonyl (C=O) groups excluding carboxylic acids is 1. The second-order valence-electron chi connectivity index (χ2n) is 5.51. The summed E-state index contributed by atoms with van der Waals surface area (Å²) in [5.74, 6) is 0.147. The second kappa shape index (κ2) is 6.16. The van der Waals surface area contributed by atoms with Gasteiger partial charge < -0.3 is 10.3 Å². The van der Waals surface area contributed by atoms with Crippen molar-refractivity contribution in [3.63, 3.8) is 0 Å². The number of aromatic amines is 1. The van der Waals surface area contributed by atoms with Crippen molar-refractivity contribution in [2.45, 2.75) is 0 Å². The van der Waals surface area contributed by atoms with Crippen LogP contribution in [0, 0.1) is 5.82 Å². The monoisotopic (exact) mass is 332 g/mol. The van der Waals surface area contributed by atoms with Gasteiger partial charge in [0.2, 0.25) is 0 Å². The van der Waals surface area contributed by atoms with Crippen LogP contribution in [0.2, 0.25) is 0 Å². The SMILES string of the molecule is O=C(Nc1ccc2nc(-c3ccc(F)cc3)[nH]c2c1)c1ccncc1. The van der Waals surface area contributed by atoms with Crippen LogP contribution < -0.4 is 5.32 Å². The molecule has 0 bridgehead atoms. The van der Waals surface area contributed by atoms with Crippen LogP contribution >= 0.6 is 0 Å². The van der Waals surface area contributed by atoms with E-state index >= 15 is 0 Å². The Balaban J connectivity index is 1.62. The number of anilines is 1. The van der Waals surface area contributed by atoms with E-state index in [0.717, 1.165) is 16.6 Å². The van der Waals surface area contributed by atoms with Gasteiger partial charge in [-0.05, 0) is 54.6 Å². The molecule has 0 aliphatic heterocycles. The molecule has 4 rings (SSSR count). The third kappa shape index (κ3) is 3.10. The molecule has 2 aromatic heterocycles. The number of nitrogens with zero attached hydrogens (tertiary/aromatic N) is 2. The van der Waals surface area contributed by atoms with Crippen LogP contribution in [0.25, 0.3) is 22.4 Å². The van der Waals surface area contributed by atoms with Crippen LogP contribution in [0.1, 0.15) is 10.4 Å². The van der Waals surface area contributed by atoms with Gasteiger partial charge in [0, 0.05) is 29.2 Å². The zero-order chi connectivity index (χ0) is 17.2. The maximum absolute atomic E-state index is 13.0. The second-order valence-corrected chi connectivity index (χ2v) is 5.51. The fourth-order valence-corrected chi connectivity index (χ4v) is 2.54. The van der Waals surface area contributed by atoms with Crippen molar-refractivity contribution in [1.82, 2.24) is 15.0 Å². The highest BCUT2D eigenvalue weighted by Gasteiger charge is 2.09. The first-order valence-corrected chi connectivity index (χ1v) is 7.66. The average molecular weight is 332 g/mol. The lowest BCUT2D eigenvalue weighted by atomic mass is 10.2. The number of nitrogens with one attached hydrogen (secondary N) is 2. The highest BCUT2D eigenvalue weighted by Crippen LogP contribution is 2.23. The van der Waals surface area contributed by atoms with Gasteiger partial charge in [-0.3, -0.25) is 9.78 Å². The highest BCUT2D eigenvalue weighted by atomic mass is 19.1. The minimum atomic E-state index is -0.291. The molecule has 0 saturated carbocycles. The molecule has 4 aromatic rings. The molecule has 0 aliphatic carbocycles. The molecular weight excluding hydrogens is 319 g/mol. The molecule has 1 amide bonds. The Morgan fingerprint density at radius 2 is 1.76 bits per heavy atom. The first kappa shape index (κ1) is 15.0. The number of hydrogen-bond acceptors (Lipinski definition) is 3. The number of rotatable bonds is 3. The Kier molecular flexibility index (Phi) is 3.70. The Morgan fingerprint density at radius 3 is 2.52 bits per heavy atom. The van der Waals surface area contributed by atoms with Crippen LogP contribution in [0.4, 0.5) is 10.1 Å². The molecule has 122 valence electrons. The van der Waals surface area contributed by atoms with E-state index in [0.29, 0.717) is 17.1 Å². The van der Waals surface area contributed by atoms with E-state index in [9.17, 15) is 9.18 Å². The van der Waals surface area contributed by atoms with Crippen LogP contribution in [0.3, 0.4) is 0 Å². The van der Waals surface area contributed by atoms with E-state index in [4.69, 9.17) is 0 Å². The van der Waals surface area contributed by atoms with Crippen molar-refractivity contribution in [2.24, 2.45) is 0 Å². The topological polar surface area (TPSA) is 70.7 Å². The molecule has 0 fully saturated rings. The summed E-state index contributed by atoms with van der Waals surface area (Å²) in [7, 11) is 0. The summed E-state index contributed by atoms with van der Waals surface area (Å²) < 4.78 is 13.0. The maximum Gasteiger partial charge on any atom is 0.255 e. The highest BCUT2D eigenvalue weighted by molar-refractivity contribution is 6.04. The number of amides is 1. The lowest BCUT2D eigenvalue weighted by Crippen LogP contribution is -2.11. The predicted molar refractivity (Wildman–Crippen MR) is 93.7 cm³/mol. The van der Waals surface area contributed by atoms with Gasteiger partial charge >= 0.3 is 0 Å². The number of fused-ring (bicyclic) bond motifs is 1. The van der Waals surface area contributed by atoms with E-state index in [1.807, 2.05) is 12.1 Å². The van der Waals surface area contributed by atoms with Crippen LogP contribution in [-0.4, -0.2) is 20.9 Å². The number of imidazole rings is 1. The van der Waals surface area contributed by atoms with E-state index in [1.165, 1.54) is 12.1 Å². The van der Waals surface area contributed by atoms with Gasteiger partial charge in [0.05, 0.1) is 11.0 Å². The molecule has 25 heavy (non-hydrogen) atoms. The molecule has 0 saturated heterocycles. The first-order chi connectivity index (χ1) is 12.2. The maximum atomic E-state index is 13.0. The van der Waals surface area contributed by atoms with Crippen molar-refractivity contribution in [3.8, 4) is 11.4 Å². The number of pyridine rings is 1. The normalized spacial score (nSPS) is 10.8. The van der Waals surface area contributed by atoms with Crippen LogP contribution in [-0.2, 0) is 0 Å². The number of hydrogen-bond donors (Lipinski definition) is 2. The fourth-order valence-electron chi connectivity index (χ4n) is 2.54. The quantitative estimate of drug-likeness (QED) is 0.595. The zero-order valence-corrected chi connectivity index (χ0v) is 13.0. The molecule has 5 nitrogen and oxygen atoms in total. The number of carbonyl (C=O) groups is 1. The van der Waals surface area contributed by atoms with Gasteiger partial charge in [-0.25, -0.2) is 9.37 Å². The van der Waals surface area contributed by atoms with Crippen molar-refractivity contribution < 1.29 is 9.18 Å². The largest absolute Gasteiger partial charge is 0.338 e. The molecule has 0 aliphatic rings. The van der Waals surface area contributed by atoms with Gasteiger partial charge in [-0.1, -0.05) is 0 Å². The lowest BCUT2D eigenvalue weighted by Gasteiger charge is -2.04. The molecule has 0 atom stereocenters. The predicted octanol–water partition coefficient (Wildman–Crippen LogP) is 4.02. The Labute approximate surface area is 142 Å². The molecule has 0 spiro atoms. The molecule has 6 heteroatoms. The van der Waals surface area contributed by atoms with E-state index in [1.54, 1.807) is 42.7 Å². The van der Waals surface area contributed by atoms with Gasteiger partial charge in [0.1, 0.15) is 11.6 Å². The number of benzene rings is 2. The standard InChI is InChI=1S/C19H13FN4O/c20-14-3-1-12(2-4-14)18-23-16-6-5-15(11-17(16)24-18)22-19(25)13-7-9-21-10-8-13/h1-11H,(H,22,25)(H,23,24). The fraction of sp³-hybridized carbons (Fsp3) is 0. The molecule has 0 radical (unpaired) electrons. The summed E-state index contributed by atoms with van der Waals surface area (Å²) in [6.07, 6.45) is 3.14. The summed E-state index contributed by atoms with van der Waals surface area (Å²) in [4.78, 5) is 23.8. The van der Waals surface area contributed by atoms with Crippen molar-refractivity contribution >= 4 is 22.6 Å². The van der Waals surface area contributed by atoms with Gasteiger partial charge in [-0.15, -0.1) is 0 Å². The number of aromatic nitrogens is 3. The average Bonchev–Trinajstić information content (AvgIpc) is 3.06. The zero-order valence-electron chi connectivity index (χ0n) is 13.0. The lowest BCUT2D eigenvalue weighted by molar-refractivity contribution is 0.102. The van der Waals surface area contributed by atoms with E-state index in [-0.39, 0.29) is 11.7 Å². The Morgan fingerprint density at radius 1 is 1.00 bits per heavy atom. The minimum absolute atomic E-state index is 0.208. The number of halogens is 1. The molecule has 2 heterocycles. The smallest absolute Gasteiger partial charge is 0.255 e. The van der Waals surface area contributed by atoms with Crippen molar-refractivity contribution in [1.29, 1.82) is 0 Å². The van der Waals surface area contributed by atoms with Crippen LogP contribution in [0.15, 0.2) is 67.0 Å². The third-order valence-corrected chi connectivity index (χ3v) is 3.80. The number of H-pyrrole nitrogens is 1. The van der Waals surface area contributed by atoms with Gasteiger partial charge in [-0.2, -0.15) is 0 Å². The Bertz CT molecular complexity index is 1040. The van der Waals surface area contributed by atoms with E-state index in [2.05, 4.69) is 20.3 Å². The summed E-state index contributed by atoms with van der Waals surface area (Å²) in [6, 6.07) is 14.8. The molecule has 2 aromatic carbocycles. The third-order valence-electron chi connectivity index (χ3n) is 3.80. The Hall–Kier alpha value is -3.54. The minimum Gasteiger partial charge on any atom is -0.338 e. The summed E-state index contributed by atoms with van der Waals surface area (Å²) >= 11 is 0.